The first-order valence-corrected chi connectivity index (χ1v) is 6.10. The summed E-state index contributed by atoms with van der Waals surface area (Å²) in [5.74, 6) is 0. The number of nitro groups is 1. The monoisotopic (exact) mass is 308 g/mol. The van der Waals surface area contributed by atoms with E-state index < -0.39 is 17.7 Å². The number of alkyl halides is 3. The molecule has 0 bridgehead atoms. The standard InChI is InChI=1S/C12H15F3N2O4/c13-12(14,15)8-21-5-1-4-16-10-6-9(7-18)2-3-11(10)17(19)20/h2-3,6,16,18H,1,4-5,7-8H2. The topological polar surface area (TPSA) is 84.6 Å². The van der Waals surface area contributed by atoms with Gasteiger partial charge in [0.2, 0.25) is 0 Å². The lowest BCUT2D eigenvalue weighted by atomic mass is 10.2. The molecule has 0 aromatic heterocycles. The SMILES string of the molecule is O=[N+]([O-])c1ccc(CO)cc1NCCCOCC(F)(F)F. The molecule has 0 heterocycles. The number of aliphatic hydroxyl groups is 1. The van der Waals surface area contributed by atoms with Crippen LogP contribution < -0.4 is 5.32 Å². The Hall–Kier alpha value is -1.87. The van der Waals surface area contributed by atoms with Crippen LogP contribution in [0.15, 0.2) is 18.2 Å². The van der Waals surface area contributed by atoms with Crippen LogP contribution in [0.4, 0.5) is 24.5 Å². The molecule has 0 radical (unpaired) electrons. The number of nitrogens with zero attached hydrogens (tertiary/aromatic N) is 1. The molecule has 9 heteroatoms. The quantitative estimate of drug-likeness (QED) is 0.438. The Balaban J connectivity index is 2.45. The predicted octanol–water partition coefficient (Wildman–Crippen LogP) is 2.47. The predicted molar refractivity (Wildman–Crippen MR) is 69.0 cm³/mol. The Morgan fingerprint density at radius 1 is 1.38 bits per heavy atom. The molecular formula is C12H15F3N2O4. The lowest BCUT2D eigenvalue weighted by Gasteiger charge is -2.10. The molecular weight excluding hydrogens is 293 g/mol. The van der Waals surface area contributed by atoms with Gasteiger partial charge in [-0.15, -0.1) is 0 Å². The summed E-state index contributed by atoms with van der Waals surface area (Å²) >= 11 is 0. The fourth-order valence-electron chi connectivity index (χ4n) is 1.57. The number of ether oxygens (including phenoxy) is 1. The maximum Gasteiger partial charge on any atom is 0.411 e. The van der Waals surface area contributed by atoms with Crippen LogP contribution in [-0.2, 0) is 11.3 Å². The molecule has 6 nitrogen and oxygen atoms in total. The summed E-state index contributed by atoms with van der Waals surface area (Å²) in [4.78, 5) is 10.2. The number of aliphatic hydroxyl groups excluding tert-OH is 1. The number of nitro benzene ring substituents is 1. The van der Waals surface area contributed by atoms with E-state index in [4.69, 9.17) is 5.11 Å². The van der Waals surface area contributed by atoms with Gasteiger partial charge in [0, 0.05) is 19.2 Å². The molecule has 118 valence electrons. The van der Waals surface area contributed by atoms with Gasteiger partial charge in [-0.1, -0.05) is 0 Å². The molecule has 0 aliphatic heterocycles. The van der Waals surface area contributed by atoms with Crippen LogP contribution in [0.25, 0.3) is 0 Å². The highest BCUT2D eigenvalue weighted by Crippen LogP contribution is 2.25. The number of hydrogen-bond donors (Lipinski definition) is 2. The molecule has 0 amide bonds. The first kappa shape index (κ1) is 17.2. The summed E-state index contributed by atoms with van der Waals surface area (Å²) < 4.78 is 39.9. The van der Waals surface area contributed by atoms with Crippen molar-refractivity contribution in [1.29, 1.82) is 0 Å². The van der Waals surface area contributed by atoms with Gasteiger partial charge in [0.25, 0.3) is 5.69 Å². The molecule has 1 rings (SSSR count). The summed E-state index contributed by atoms with van der Waals surface area (Å²) in [5.41, 5.74) is 0.544. The maximum absolute atomic E-state index is 11.8. The molecule has 1 aromatic carbocycles. The van der Waals surface area contributed by atoms with Crippen LogP contribution in [0.5, 0.6) is 0 Å². The third kappa shape index (κ3) is 6.41. The van der Waals surface area contributed by atoms with Crippen LogP contribution in [0, 0.1) is 10.1 Å². The van der Waals surface area contributed by atoms with E-state index in [1.807, 2.05) is 0 Å². The zero-order valence-electron chi connectivity index (χ0n) is 11.0. The molecule has 0 spiro atoms. The van der Waals surface area contributed by atoms with Gasteiger partial charge in [0.1, 0.15) is 12.3 Å². The van der Waals surface area contributed by atoms with Crippen LogP contribution in [0.1, 0.15) is 12.0 Å². The van der Waals surface area contributed by atoms with Crippen LogP contribution >= 0.6 is 0 Å². The third-order valence-corrected chi connectivity index (χ3v) is 2.49. The van der Waals surface area contributed by atoms with Gasteiger partial charge in [-0.25, -0.2) is 0 Å². The summed E-state index contributed by atoms with van der Waals surface area (Å²) in [6, 6.07) is 4.11. The normalized spacial score (nSPS) is 11.4. The first-order valence-electron chi connectivity index (χ1n) is 6.10. The number of benzene rings is 1. The van der Waals surface area contributed by atoms with Crippen molar-refractivity contribution in [2.24, 2.45) is 0 Å². The van der Waals surface area contributed by atoms with E-state index in [0.29, 0.717) is 5.56 Å². The molecule has 0 fully saturated rings. The summed E-state index contributed by atoms with van der Waals surface area (Å²) in [6.07, 6.45) is -4.10. The van der Waals surface area contributed by atoms with Crippen molar-refractivity contribution >= 4 is 11.4 Å². The van der Waals surface area contributed by atoms with E-state index in [2.05, 4.69) is 10.1 Å². The van der Waals surface area contributed by atoms with Crippen molar-refractivity contribution in [3.05, 3.63) is 33.9 Å². The van der Waals surface area contributed by atoms with Crippen molar-refractivity contribution in [2.75, 3.05) is 25.1 Å². The average Bonchev–Trinajstić information content (AvgIpc) is 2.41. The zero-order chi connectivity index (χ0) is 15.9. The lowest BCUT2D eigenvalue weighted by molar-refractivity contribution is -0.384. The Bertz CT molecular complexity index is 480. The molecule has 0 aliphatic carbocycles. The second-order valence-electron chi connectivity index (χ2n) is 4.21. The summed E-state index contributed by atoms with van der Waals surface area (Å²) in [6.45, 7) is -1.47. The van der Waals surface area contributed by atoms with E-state index in [0.717, 1.165) is 0 Å². The van der Waals surface area contributed by atoms with E-state index in [1.54, 1.807) is 0 Å². The minimum absolute atomic E-state index is 0.111. The first-order chi connectivity index (χ1) is 9.83. The minimum Gasteiger partial charge on any atom is -0.392 e. The number of nitrogens with one attached hydrogen (secondary N) is 1. The van der Waals surface area contributed by atoms with Gasteiger partial charge in [-0.2, -0.15) is 13.2 Å². The molecule has 0 unspecified atom stereocenters. The van der Waals surface area contributed by atoms with Gasteiger partial charge in [-0.3, -0.25) is 10.1 Å². The largest absolute Gasteiger partial charge is 0.411 e. The van der Waals surface area contributed by atoms with Crippen LogP contribution in [-0.4, -0.2) is 36.0 Å². The molecule has 0 atom stereocenters. The number of rotatable bonds is 8. The number of hydrogen-bond acceptors (Lipinski definition) is 5. The Kier molecular flexibility index (Phi) is 6.38. The van der Waals surface area contributed by atoms with E-state index in [1.165, 1.54) is 18.2 Å². The van der Waals surface area contributed by atoms with Crippen molar-refractivity contribution in [1.82, 2.24) is 0 Å². The van der Waals surface area contributed by atoms with E-state index >= 15 is 0 Å². The molecule has 1 aromatic rings. The zero-order valence-corrected chi connectivity index (χ0v) is 11.0. The van der Waals surface area contributed by atoms with Gasteiger partial charge < -0.3 is 15.2 Å². The van der Waals surface area contributed by atoms with E-state index in [-0.39, 0.29) is 37.6 Å². The summed E-state index contributed by atoms with van der Waals surface area (Å²) in [7, 11) is 0. The van der Waals surface area contributed by atoms with Crippen molar-refractivity contribution in [2.45, 2.75) is 19.2 Å². The highest BCUT2D eigenvalue weighted by molar-refractivity contribution is 5.62. The third-order valence-electron chi connectivity index (χ3n) is 2.49. The molecule has 2 N–H and O–H groups in total. The minimum atomic E-state index is -4.36. The molecule has 0 aliphatic rings. The number of anilines is 1. The van der Waals surface area contributed by atoms with E-state index in [9.17, 15) is 23.3 Å². The van der Waals surface area contributed by atoms with Crippen molar-refractivity contribution in [3.63, 3.8) is 0 Å². The van der Waals surface area contributed by atoms with Crippen LogP contribution in [0.2, 0.25) is 0 Å². The van der Waals surface area contributed by atoms with Gasteiger partial charge in [0.15, 0.2) is 0 Å². The fraction of sp³-hybridized carbons (Fsp3) is 0.500. The van der Waals surface area contributed by atoms with Crippen molar-refractivity contribution < 1.29 is 27.9 Å². The van der Waals surface area contributed by atoms with Gasteiger partial charge in [-0.05, 0) is 24.1 Å². The smallest absolute Gasteiger partial charge is 0.392 e. The second-order valence-corrected chi connectivity index (χ2v) is 4.21. The average molecular weight is 308 g/mol. The van der Waals surface area contributed by atoms with Crippen molar-refractivity contribution in [3.8, 4) is 0 Å². The maximum atomic E-state index is 11.8. The lowest BCUT2D eigenvalue weighted by Crippen LogP contribution is -2.18. The highest BCUT2D eigenvalue weighted by Gasteiger charge is 2.27. The highest BCUT2D eigenvalue weighted by atomic mass is 19.4. The Morgan fingerprint density at radius 2 is 2.10 bits per heavy atom. The second kappa shape index (κ2) is 7.79. The Labute approximate surface area is 118 Å². The van der Waals surface area contributed by atoms with Gasteiger partial charge >= 0.3 is 6.18 Å². The number of halogens is 3. The van der Waals surface area contributed by atoms with Crippen LogP contribution in [0.3, 0.4) is 0 Å². The molecule has 0 saturated heterocycles. The fourth-order valence-corrected chi connectivity index (χ4v) is 1.57. The summed E-state index contributed by atoms with van der Waals surface area (Å²) in [5, 5.41) is 22.6. The Morgan fingerprint density at radius 3 is 2.67 bits per heavy atom. The molecule has 0 saturated carbocycles. The molecule has 21 heavy (non-hydrogen) atoms. The van der Waals surface area contributed by atoms with Gasteiger partial charge in [0.05, 0.1) is 11.5 Å².